The van der Waals surface area contributed by atoms with E-state index in [0.717, 1.165) is 17.7 Å². The van der Waals surface area contributed by atoms with E-state index in [1.54, 1.807) is 6.07 Å². The van der Waals surface area contributed by atoms with Crippen LogP contribution in [0.2, 0.25) is 0 Å². The number of aliphatic carboxylic acids is 1. The summed E-state index contributed by atoms with van der Waals surface area (Å²) < 4.78 is 23.5. The molecule has 1 aromatic carbocycles. The lowest BCUT2D eigenvalue weighted by Gasteiger charge is -2.15. The van der Waals surface area contributed by atoms with Crippen molar-refractivity contribution >= 4 is 11.9 Å². The third kappa shape index (κ3) is 4.34. The highest BCUT2D eigenvalue weighted by Crippen LogP contribution is 2.16. The molecule has 1 unspecified atom stereocenters. The Hall–Kier alpha value is -2.83. The number of ether oxygens (including phenoxy) is 1. The highest BCUT2D eigenvalue weighted by Gasteiger charge is 2.22. The number of rotatable bonds is 7. The molecule has 7 heteroatoms. The van der Waals surface area contributed by atoms with Gasteiger partial charge < -0.3 is 19.6 Å². The highest BCUT2D eigenvalue weighted by molar-refractivity contribution is 5.92. The van der Waals surface area contributed by atoms with Gasteiger partial charge in [0, 0.05) is 6.42 Å². The van der Waals surface area contributed by atoms with Gasteiger partial charge in [-0.3, -0.25) is 4.79 Å². The molecule has 1 amide bonds. The summed E-state index contributed by atoms with van der Waals surface area (Å²) in [4.78, 5) is 23.3. The zero-order valence-corrected chi connectivity index (χ0v) is 13.3. The number of furan rings is 1. The van der Waals surface area contributed by atoms with E-state index < -0.39 is 23.8 Å². The van der Waals surface area contributed by atoms with Gasteiger partial charge in [-0.25, -0.2) is 9.18 Å². The van der Waals surface area contributed by atoms with Crippen LogP contribution in [0.5, 0.6) is 5.75 Å². The predicted molar refractivity (Wildman–Crippen MR) is 83.6 cm³/mol. The van der Waals surface area contributed by atoms with E-state index in [2.05, 4.69) is 5.32 Å². The number of carboxylic acid groups (broad SMARTS) is 1. The Balaban J connectivity index is 1.98. The van der Waals surface area contributed by atoms with Crippen LogP contribution >= 0.6 is 0 Å². The number of halogens is 1. The SMILES string of the molecule is CCc1oc(C(=O)NCC(Oc2ccc(F)cc2)C(=O)O)cc1C. The van der Waals surface area contributed by atoms with E-state index in [0.29, 0.717) is 12.2 Å². The van der Waals surface area contributed by atoms with Crippen molar-refractivity contribution in [3.63, 3.8) is 0 Å². The van der Waals surface area contributed by atoms with Crippen LogP contribution in [0.3, 0.4) is 0 Å². The van der Waals surface area contributed by atoms with Crippen molar-refractivity contribution in [2.24, 2.45) is 0 Å². The van der Waals surface area contributed by atoms with Gasteiger partial charge in [-0.1, -0.05) is 6.92 Å². The van der Waals surface area contributed by atoms with Gasteiger partial charge in [0.05, 0.1) is 6.54 Å². The molecule has 6 nitrogen and oxygen atoms in total. The van der Waals surface area contributed by atoms with Crippen LogP contribution < -0.4 is 10.1 Å². The second kappa shape index (κ2) is 7.63. The molecule has 24 heavy (non-hydrogen) atoms. The van der Waals surface area contributed by atoms with Crippen molar-refractivity contribution in [3.05, 3.63) is 53.2 Å². The van der Waals surface area contributed by atoms with Crippen LogP contribution in [0, 0.1) is 12.7 Å². The molecule has 0 spiro atoms. The van der Waals surface area contributed by atoms with Crippen molar-refractivity contribution in [3.8, 4) is 5.75 Å². The number of carbonyl (C=O) groups excluding carboxylic acids is 1. The Bertz CT molecular complexity index is 723. The summed E-state index contributed by atoms with van der Waals surface area (Å²) in [5.74, 6) is -1.20. The fourth-order valence-electron chi connectivity index (χ4n) is 2.11. The largest absolute Gasteiger partial charge is 0.478 e. The van der Waals surface area contributed by atoms with Gasteiger partial charge in [0.1, 0.15) is 17.3 Å². The molecule has 0 aliphatic rings. The molecule has 2 N–H and O–H groups in total. The topological polar surface area (TPSA) is 88.8 Å². The lowest BCUT2D eigenvalue weighted by molar-refractivity contribution is -0.144. The van der Waals surface area contributed by atoms with Crippen molar-refractivity contribution in [2.75, 3.05) is 6.54 Å². The third-order valence-electron chi connectivity index (χ3n) is 3.38. The van der Waals surface area contributed by atoms with Crippen molar-refractivity contribution in [2.45, 2.75) is 26.4 Å². The number of aryl methyl sites for hydroxylation is 2. The van der Waals surface area contributed by atoms with Crippen LogP contribution in [-0.4, -0.2) is 29.6 Å². The fourth-order valence-corrected chi connectivity index (χ4v) is 2.11. The van der Waals surface area contributed by atoms with E-state index in [1.807, 2.05) is 13.8 Å². The smallest absolute Gasteiger partial charge is 0.346 e. The lowest BCUT2D eigenvalue weighted by atomic mass is 10.2. The molecule has 128 valence electrons. The average Bonchev–Trinajstić information content (AvgIpc) is 2.93. The molecule has 0 bridgehead atoms. The van der Waals surface area contributed by atoms with Gasteiger partial charge in [-0.05, 0) is 42.8 Å². The van der Waals surface area contributed by atoms with Gasteiger partial charge in [-0.15, -0.1) is 0 Å². The minimum absolute atomic E-state index is 0.121. The van der Waals surface area contributed by atoms with Crippen molar-refractivity contribution in [1.29, 1.82) is 0 Å². The van der Waals surface area contributed by atoms with Gasteiger partial charge in [-0.2, -0.15) is 0 Å². The maximum absolute atomic E-state index is 12.8. The minimum Gasteiger partial charge on any atom is -0.478 e. The molecule has 0 radical (unpaired) electrons. The van der Waals surface area contributed by atoms with Crippen LogP contribution in [0.4, 0.5) is 4.39 Å². The number of amides is 1. The summed E-state index contributed by atoms with van der Waals surface area (Å²) in [7, 11) is 0. The summed E-state index contributed by atoms with van der Waals surface area (Å²) in [5, 5.41) is 11.6. The standard InChI is InChI=1S/C17H18FNO5/c1-3-13-10(2)8-14(24-13)16(20)19-9-15(17(21)22)23-12-6-4-11(18)5-7-12/h4-8,15H,3,9H2,1-2H3,(H,19,20)(H,21,22). The Kier molecular flexibility index (Phi) is 5.57. The number of nitrogens with one attached hydrogen (secondary N) is 1. The van der Waals surface area contributed by atoms with Crippen LogP contribution in [0.25, 0.3) is 0 Å². The molecule has 0 saturated carbocycles. The van der Waals surface area contributed by atoms with Gasteiger partial charge >= 0.3 is 5.97 Å². The molecule has 2 aromatic rings. The Morgan fingerprint density at radius 3 is 2.54 bits per heavy atom. The molecule has 1 atom stereocenters. The first-order valence-electron chi connectivity index (χ1n) is 7.43. The van der Waals surface area contributed by atoms with Crippen LogP contribution in [0.1, 0.15) is 28.8 Å². The molecule has 0 fully saturated rings. The number of benzene rings is 1. The van der Waals surface area contributed by atoms with E-state index in [-0.39, 0.29) is 18.1 Å². The molecular weight excluding hydrogens is 317 g/mol. The highest BCUT2D eigenvalue weighted by atomic mass is 19.1. The molecule has 0 aliphatic heterocycles. The molecule has 0 aliphatic carbocycles. The van der Waals surface area contributed by atoms with Gasteiger partial charge in [0.25, 0.3) is 5.91 Å². The molecule has 1 aromatic heterocycles. The maximum atomic E-state index is 12.8. The van der Waals surface area contributed by atoms with Crippen molar-refractivity contribution in [1.82, 2.24) is 5.32 Å². The van der Waals surface area contributed by atoms with E-state index >= 15 is 0 Å². The Labute approximate surface area is 138 Å². The van der Waals surface area contributed by atoms with Crippen LogP contribution in [0.15, 0.2) is 34.7 Å². The summed E-state index contributed by atoms with van der Waals surface area (Å²) in [6.07, 6.45) is -0.647. The first-order chi connectivity index (χ1) is 11.4. The zero-order chi connectivity index (χ0) is 17.7. The summed E-state index contributed by atoms with van der Waals surface area (Å²) in [6, 6.07) is 6.55. The van der Waals surface area contributed by atoms with Crippen molar-refractivity contribution < 1.29 is 28.2 Å². The lowest BCUT2D eigenvalue weighted by Crippen LogP contribution is -2.40. The molecule has 0 saturated heterocycles. The number of carbonyl (C=O) groups is 2. The third-order valence-corrected chi connectivity index (χ3v) is 3.38. The molecule has 2 rings (SSSR count). The molecule has 1 heterocycles. The number of hydrogen-bond donors (Lipinski definition) is 2. The first-order valence-corrected chi connectivity index (χ1v) is 7.43. The number of carboxylic acids is 1. The summed E-state index contributed by atoms with van der Waals surface area (Å²) >= 11 is 0. The normalized spacial score (nSPS) is 11.8. The van der Waals surface area contributed by atoms with E-state index in [4.69, 9.17) is 9.15 Å². The predicted octanol–water partition coefficient (Wildman–Crippen LogP) is 2.55. The Morgan fingerprint density at radius 1 is 1.33 bits per heavy atom. The second-order valence-electron chi connectivity index (χ2n) is 5.18. The monoisotopic (exact) mass is 335 g/mol. The maximum Gasteiger partial charge on any atom is 0.346 e. The minimum atomic E-state index is -1.30. The quantitative estimate of drug-likeness (QED) is 0.812. The Morgan fingerprint density at radius 2 is 2.00 bits per heavy atom. The second-order valence-corrected chi connectivity index (χ2v) is 5.18. The van der Waals surface area contributed by atoms with Crippen LogP contribution in [-0.2, 0) is 11.2 Å². The zero-order valence-electron chi connectivity index (χ0n) is 13.3. The summed E-state index contributed by atoms with van der Waals surface area (Å²) in [5.41, 5.74) is 0.861. The van der Waals surface area contributed by atoms with Gasteiger partial charge in [0.15, 0.2) is 5.76 Å². The summed E-state index contributed by atoms with van der Waals surface area (Å²) in [6.45, 7) is 3.48. The fraction of sp³-hybridized carbons (Fsp3) is 0.294. The van der Waals surface area contributed by atoms with E-state index in [9.17, 15) is 19.1 Å². The number of hydrogen-bond acceptors (Lipinski definition) is 4. The van der Waals surface area contributed by atoms with E-state index in [1.165, 1.54) is 12.1 Å². The molecular formula is C17H18FNO5. The average molecular weight is 335 g/mol. The first kappa shape index (κ1) is 17.5. The van der Waals surface area contributed by atoms with Gasteiger partial charge in [0.2, 0.25) is 6.10 Å².